The molecule has 0 amide bonds. The fourth-order valence-electron chi connectivity index (χ4n) is 2.93. The summed E-state index contributed by atoms with van der Waals surface area (Å²) in [4.78, 5) is 6.81. The number of guanidine groups is 1. The summed E-state index contributed by atoms with van der Waals surface area (Å²) in [6, 6.07) is 11.2. The molecule has 0 radical (unpaired) electrons. The topological polar surface area (TPSA) is 51.7 Å². The molecule has 1 aromatic carbocycles. The van der Waals surface area contributed by atoms with Gasteiger partial charge in [-0.2, -0.15) is 0 Å². The Hall–Kier alpha value is -1.02. The minimum Gasteiger partial charge on any atom is -0.371 e. The molecule has 0 spiro atoms. The number of aliphatic imine (C=N–C) groups is 1. The van der Waals surface area contributed by atoms with E-state index in [0.717, 1.165) is 45.0 Å². The van der Waals surface area contributed by atoms with Gasteiger partial charge in [-0.1, -0.05) is 18.2 Å². The van der Waals surface area contributed by atoms with E-state index < -0.39 is 0 Å². The van der Waals surface area contributed by atoms with Gasteiger partial charge in [-0.15, -0.1) is 24.0 Å². The van der Waals surface area contributed by atoms with Gasteiger partial charge in [0.15, 0.2) is 5.96 Å². The van der Waals surface area contributed by atoms with Crippen LogP contribution in [0.5, 0.6) is 0 Å². The number of hydrogen-bond donors (Lipinski definition) is 3. The Morgan fingerprint density at radius 2 is 1.76 bits per heavy atom. The van der Waals surface area contributed by atoms with Crippen LogP contribution in [-0.2, 0) is 0 Å². The third kappa shape index (κ3) is 8.27. The molecule has 1 fully saturated rings. The van der Waals surface area contributed by atoms with E-state index in [4.69, 9.17) is 0 Å². The molecule has 6 heteroatoms. The summed E-state index contributed by atoms with van der Waals surface area (Å²) in [5.74, 6) is 0.906. The van der Waals surface area contributed by atoms with Crippen LogP contribution < -0.4 is 20.9 Å². The van der Waals surface area contributed by atoms with Crippen molar-refractivity contribution in [3.8, 4) is 0 Å². The molecular formula is C19H34IN5. The van der Waals surface area contributed by atoms with Crippen LogP contribution in [0.3, 0.4) is 0 Å². The van der Waals surface area contributed by atoms with Crippen molar-refractivity contribution in [3.63, 3.8) is 0 Å². The van der Waals surface area contributed by atoms with Gasteiger partial charge >= 0.3 is 0 Å². The van der Waals surface area contributed by atoms with Crippen molar-refractivity contribution in [2.24, 2.45) is 4.99 Å². The molecule has 0 atom stereocenters. The quantitative estimate of drug-likeness (QED) is 0.275. The van der Waals surface area contributed by atoms with Crippen LogP contribution in [0.15, 0.2) is 35.3 Å². The first-order valence-electron chi connectivity index (χ1n) is 9.00. The van der Waals surface area contributed by atoms with E-state index in [2.05, 4.69) is 76.9 Å². The van der Waals surface area contributed by atoms with Crippen molar-refractivity contribution in [2.45, 2.75) is 45.2 Å². The second-order valence-corrected chi connectivity index (χ2v) is 7.42. The highest BCUT2D eigenvalue weighted by atomic mass is 127. The summed E-state index contributed by atoms with van der Waals surface area (Å²) < 4.78 is 0. The molecule has 1 saturated heterocycles. The third-order valence-electron chi connectivity index (χ3n) is 4.25. The van der Waals surface area contributed by atoms with Gasteiger partial charge < -0.3 is 20.9 Å². The molecule has 1 heterocycles. The van der Waals surface area contributed by atoms with Crippen LogP contribution >= 0.6 is 24.0 Å². The summed E-state index contributed by atoms with van der Waals surface area (Å²) in [7, 11) is 1.84. The first-order valence-corrected chi connectivity index (χ1v) is 9.00. The van der Waals surface area contributed by atoms with E-state index >= 15 is 0 Å². The van der Waals surface area contributed by atoms with E-state index in [-0.39, 0.29) is 29.5 Å². The molecule has 1 aliphatic rings. The molecule has 0 unspecified atom stereocenters. The first-order chi connectivity index (χ1) is 11.5. The van der Waals surface area contributed by atoms with Crippen molar-refractivity contribution in [3.05, 3.63) is 30.3 Å². The maximum Gasteiger partial charge on any atom is 0.191 e. The number of piperidine rings is 1. The van der Waals surface area contributed by atoms with Gasteiger partial charge in [-0.3, -0.25) is 4.99 Å². The normalized spacial score (nSPS) is 16.3. The van der Waals surface area contributed by atoms with Crippen LogP contribution in [0.1, 0.15) is 33.6 Å². The highest BCUT2D eigenvalue weighted by Gasteiger charge is 2.20. The average molecular weight is 459 g/mol. The maximum absolute atomic E-state index is 4.35. The molecule has 0 aromatic heterocycles. The zero-order chi connectivity index (χ0) is 17.4. The molecule has 142 valence electrons. The Bertz CT molecular complexity index is 504. The Balaban J connectivity index is 0.00000312. The molecule has 0 saturated carbocycles. The zero-order valence-electron chi connectivity index (χ0n) is 16.0. The number of rotatable bonds is 5. The van der Waals surface area contributed by atoms with Gasteiger partial charge in [0.25, 0.3) is 0 Å². The van der Waals surface area contributed by atoms with Crippen molar-refractivity contribution in [1.82, 2.24) is 16.0 Å². The number of hydrogen-bond acceptors (Lipinski definition) is 3. The Labute approximate surface area is 170 Å². The summed E-state index contributed by atoms with van der Waals surface area (Å²) in [6.45, 7) is 10.5. The summed E-state index contributed by atoms with van der Waals surface area (Å²) in [5.41, 5.74) is 1.48. The van der Waals surface area contributed by atoms with Crippen molar-refractivity contribution in [1.29, 1.82) is 0 Å². The molecular weight excluding hydrogens is 425 g/mol. The zero-order valence-corrected chi connectivity index (χ0v) is 18.3. The second-order valence-electron chi connectivity index (χ2n) is 7.42. The SMILES string of the molecule is CN=C(NCCNC(C)(C)C)NC1CCN(c2ccccc2)CC1.I. The van der Waals surface area contributed by atoms with Crippen LogP contribution in [-0.4, -0.2) is 50.8 Å². The molecule has 2 rings (SSSR count). The second kappa shape index (κ2) is 10.9. The highest BCUT2D eigenvalue weighted by molar-refractivity contribution is 14.0. The third-order valence-corrected chi connectivity index (χ3v) is 4.25. The highest BCUT2D eigenvalue weighted by Crippen LogP contribution is 2.19. The van der Waals surface area contributed by atoms with Gasteiger partial charge in [0, 0.05) is 50.5 Å². The largest absolute Gasteiger partial charge is 0.371 e. The minimum absolute atomic E-state index is 0. The van der Waals surface area contributed by atoms with Gasteiger partial charge in [-0.25, -0.2) is 0 Å². The maximum atomic E-state index is 4.35. The molecule has 1 aliphatic heterocycles. The first kappa shape index (κ1) is 22.0. The van der Waals surface area contributed by atoms with Crippen LogP contribution in [0, 0.1) is 0 Å². The number of halogens is 1. The molecule has 0 aliphatic carbocycles. The van der Waals surface area contributed by atoms with Crippen LogP contribution in [0.2, 0.25) is 0 Å². The molecule has 1 aromatic rings. The number of nitrogens with one attached hydrogen (secondary N) is 3. The monoisotopic (exact) mass is 459 g/mol. The number of nitrogens with zero attached hydrogens (tertiary/aromatic N) is 2. The Kier molecular flexibility index (Phi) is 9.56. The fourth-order valence-corrected chi connectivity index (χ4v) is 2.93. The minimum atomic E-state index is 0. The van der Waals surface area contributed by atoms with E-state index in [1.165, 1.54) is 5.69 Å². The van der Waals surface area contributed by atoms with Gasteiger partial charge in [0.05, 0.1) is 0 Å². The summed E-state index contributed by atoms with van der Waals surface area (Å²) >= 11 is 0. The van der Waals surface area contributed by atoms with E-state index in [1.54, 1.807) is 0 Å². The molecule has 0 bridgehead atoms. The fraction of sp³-hybridized carbons (Fsp3) is 0.632. The van der Waals surface area contributed by atoms with Gasteiger partial charge in [0.2, 0.25) is 0 Å². The van der Waals surface area contributed by atoms with Crippen molar-refractivity contribution >= 4 is 35.6 Å². The van der Waals surface area contributed by atoms with Crippen molar-refractivity contribution in [2.75, 3.05) is 38.1 Å². The molecule has 3 N–H and O–H groups in total. The lowest BCUT2D eigenvalue weighted by Crippen LogP contribution is -2.50. The van der Waals surface area contributed by atoms with Crippen LogP contribution in [0.4, 0.5) is 5.69 Å². The average Bonchev–Trinajstić information content (AvgIpc) is 2.58. The van der Waals surface area contributed by atoms with E-state index in [0.29, 0.717) is 6.04 Å². The standard InChI is InChI=1S/C19H33N5.HI/c1-19(2,3)22-13-12-21-18(20-4)23-16-10-14-24(15-11-16)17-8-6-5-7-9-17;/h5-9,16,22H,10-15H2,1-4H3,(H2,20,21,23);1H. The molecule has 25 heavy (non-hydrogen) atoms. The van der Waals surface area contributed by atoms with E-state index in [9.17, 15) is 0 Å². The Morgan fingerprint density at radius 3 is 2.32 bits per heavy atom. The van der Waals surface area contributed by atoms with Crippen molar-refractivity contribution < 1.29 is 0 Å². The smallest absolute Gasteiger partial charge is 0.191 e. The number of benzene rings is 1. The lowest BCUT2D eigenvalue weighted by Gasteiger charge is -2.34. The lowest BCUT2D eigenvalue weighted by atomic mass is 10.0. The number of anilines is 1. The van der Waals surface area contributed by atoms with Crippen LogP contribution in [0.25, 0.3) is 0 Å². The number of para-hydroxylation sites is 1. The van der Waals surface area contributed by atoms with Gasteiger partial charge in [-0.05, 0) is 45.7 Å². The van der Waals surface area contributed by atoms with E-state index in [1.807, 2.05) is 7.05 Å². The van der Waals surface area contributed by atoms with Gasteiger partial charge in [0.1, 0.15) is 0 Å². The predicted octanol–water partition coefficient (Wildman–Crippen LogP) is 2.83. The summed E-state index contributed by atoms with van der Waals surface area (Å²) in [6.07, 6.45) is 2.27. The lowest BCUT2D eigenvalue weighted by molar-refractivity contribution is 0.426. The Morgan fingerprint density at radius 1 is 1.12 bits per heavy atom. The predicted molar refractivity (Wildman–Crippen MR) is 119 cm³/mol. The summed E-state index contributed by atoms with van der Waals surface area (Å²) in [5, 5.41) is 10.4. The molecule has 5 nitrogen and oxygen atoms in total.